The van der Waals surface area contributed by atoms with Crippen molar-refractivity contribution >= 4 is 17.3 Å². The summed E-state index contributed by atoms with van der Waals surface area (Å²) >= 11 is 6.02. The maximum atomic E-state index is 6.02. The van der Waals surface area contributed by atoms with Crippen molar-refractivity contribution in [2.75, 3.05) is 26.1 Å². The van der Waals surface area contributed by atoms with Crippen molar-refractivity contribution in [1.82, 2.24) is 0 Å². The molecule has 0 saturated carbocycles. The van der Waals surface area contributed by atoms with Crippen LogP contribution in [-0.2, 0) is 0 Å². The second-order valence-electron chi connectivity index (χ2n) is 3.82. The molecule has 0 fully saturated rings. The molecule has 1 aromatic rings. The van der Waals surface area contributed by atoms with Crippen LogP contribution >= 0.6 is 11.6 Å². The highest BCUT2D eigenvalue weighted by molar-refractivity contribution is 6.32. The average molecular weight is 256 g/mol. The molecule has 0 aliphatic rings. The Balaban J connectivity index is 2.84. The van der Waals surface area contributed by atoms with Crippen LogP contribution in [0.1, 0.15) is 13.3 Å². The van der Waals surface area contributed by atoms with Crippen LogP contribution in [0.5, 0.6) is 11.5 Å². The van der Waals surface area contributed by atoms with E-state index in [1.165, 1.54) is 0 Å². The molecular weight excluding hydrogens is 238 g/mol. The first-order chi connectivity index (χ1) is 8.08. The summed E-state index contributed by atoms with van der Waals surface area (Å²) < 4.78 is 10.4. The number of hydrogen-bond acceptors (Lipinski definition) is 3. The number of methoxy groups -OCH3 is 2. The smallest absolute Gasteiger partial charge is 0.143 e. The molecule has 0 unspecified atom stereocenters. The van der Waals surface area contributed by atoms with Crippen LogP contribution < -0.4 is 14.8 Å². The molecule has 1 aromatic carbocycles. The third-order valence-corrected chi connectivity index (χ3v) is 2.64. The topological polar surface area (TPSA) is 30.5 Å². The highest BCUT2D eigenvalue weighted by Gasteiger charge is 2.09. The molecule has 3 nitrogen and oxygen atoms in total. The Labute approximate surface area is 107 Å². The van der Waals surface area contributed by atoms with Crippen molar-refractivity contribution in [3.05, 3.63) is 29.3 Å². The zero-order valence-corrected chi connectivity index (χ0v) is 11.2. The minimum absolute atomic E-state index is 0.537. The SMILES string of the molecule is C=C(C)CCNc1cc(OC)c(Cl)cc1OC. The number of nitrogens with one attached hydrogen (secondary N) is 1. The Bertz CT molecular complexity index is 405. The van der Waals surface area contributed by atoms with E-state index in [1.54, 1.807) is 20.3 Å². The molecule has 0 saturated heterocycles. The van der Waals surface area contributed by atoms with Gasteiger partial charge in [0.2, 0.25) is 0 Å². The molecule has 1 rings (SSSR count). The zero-order valence-electron chi connectivity index (χ0n) is 10.5. The van der Waals surface area contributed by atoms with Crippen LogP contribution in [0.15, 0.2) is 24.3 Å². The van der Waals surface area contributed by atoms with E-state index >= 15 is 0 Å². The molecule has 4 heteroatoms. The first-order valence-electron chi connectivity index (χ1n) is 5.38. The van der Waals surface area contributed by atoms with E-state index in [1.807, 2.05) is 13.0 Å². The molecule has 0 aliphatic heterocycles. The number of benzene rings is 1. The number of halogens is 1. The number of ether oxygens (including phenoxy) is 2. The van der Waals surface area contributed by atoms with Crippen LogP contribution in [0.4, 0.5) is 5.69 Å². The molecule has 0 heterocycles. The van der Waals surface area contributed by atoms with Crippen molar-refractivity contribution in [3.63, 3.8) is 0 Å². The lowest BCUT2D eigenvalue weighted by Crippen LogP contribution is -2.04. The lowest BCUT2D eigenvalue weighted by atomic mass is 10.2. The average Bonchev–Trinajstić information content (AvgIpc) is 2.30. The van der Waals surface area contributed by atoms with Gasteiger partial charge < -0.3 is 14.8 Å². The zero-order chi connectivity index (χ0) is 12.8. The normalized spacial score (nSPS) is 9.88. The van der Waals surface area contributed by atoms with E-state index in [0.29, 0.717) is 16.5 Å². The second-order valence-corrected chi connectivity index (χ2v) is 4.23. The standard InChI is InChI=1S/C13H18ClNO2/c1-9(2)5-6-15-11-8-12(16-3)10(14)7-13(11)17-4/h7-8,15H,1,5-6H2,2-4H3. The van der Waals surface area contributed by atoms with E-state index in [9.17, 15) is 0 Å². The third kappa shape index (κ3) is 3.86. The van der Waals surface area contributed by atoms with Gasteiger partial charge in [0.05, 0.1) is 24.9 Å². The Kier molecular flexibility index (Phi) is 5.16. The molecule has 17 heavy (non-hydrogen) atoms. The van der Waals surface area contributed by atoms with E-state index < -0.39 is 0 Å². The Morgan fingerprint density at radius 1 is 1.29 bits per heavy atom. The van der Waals surface area contributed by atoms with Gasteiger partial charge in [-0.25, -0.2) is 0 Å². The van der Waals surface area contributed by atoms with Gasteiger partial charge >= 0.3 is 0 Å². The van der Waals surface area contributed by atoms with Gasteiger partial charge in [-0.2, -0.15) is 0 Å². The van der Waals surface area contributed by atoms with Gasteiger partial charge in [-0.3, -0.25) is 0 Å². The minimum Gasteiger partial charge on any atom is -0.495 e. The molecule has 0 aromatic heterocycles. The fraction of sp³-hybridized carbons (Fsp3) is 0.385. The van der Waals surface area contributed by atoms with E-state index in [-0.39, 0.29) is 0 Å². The summed E-state index contributed by atoms with van der Waals surface area (Å²) in [7, 11) is 3.20. The summed E-state index contributed by atoms with van der Waals surface area (Å²) in [6.07, 6.45) is 0.911. The first kappa shape index (κ1) is 13.7. The van der Waals surface area contributed by atoms with E-state index in [2.05, 4.69) is 11.9 Å². The fourth-order valence-electron chi connectivity index (χ4n) is 1.41. The first-order valence-corrected chi connectivity index (χ1v) is 5.76. The molecule has 0 spiro atoms. The lowest BCUT2D eigenvalue weighted by molar-refractivity contribution is 0.404. The monoisotopic (exact) mass is 255 g/mol. The van der Waals surface area contributed by atoms with Gasteiger partial charge in [0.1, 0.15) is 11.5 Å². The van der Waals surface area contributed by atoms with Crippen LogP contribution in [0, 0.1) is 0 Å². The van der Waals surface area contributed by atoms with Gasteiger partial charge in [-0.05, 0) is 13.3 Å². The fourth-order valence-corrected chi connectivity index (χ4v) is 1.64. The molecule has 94 valence electrons. The van der Waals surface area contributed by atoms with Crippen molar-refractivity contribution in [2.45, 2.75) is 13.3 Å². The quantitative estimate of drug-likeness (QED) is 0.786. The van der Waals surface area contributed by atoms with E-state index in [4.69, 9.17) is 21.1 Å². The van der Waals surface area contributed by atoms with Crippen molar-refractivity contribution < 1.29 is 9.47 Å². The van der Waals surface area contributed by atoms with Gasteiger partial charge in [0.25, 0.3) is 0 Å². The molecule has 1 N–H and O–H groups in total. The van der Waals surface area contributed by atoms with E-state index in [0.717, 1.165) is 24.2 Å². The largest absolute Gasteiger partial charge is 0.495 e. The summed E-state index contributed by atoms with van der Waals surface area (Å²) in [5, 5.41) is 3.81. The second kappa shape index (κ2) is 6.40. The Morgan fingerprint density at radius 3 is 2.47 bits per heavy atom. The van der Waals surface area contributed by atoms with Crippen LogP contribution in [0.2, 0.25) is 5.02 Å². The Hall–Kier alpha value is -1.35. The molecule has 0 aliphatic carbocycles. The summed E-state index contributed by atoms with van der Waals surface area (Å²) in [4.78, 5) is 0. The lowest BCUT2D eigenvalue weighted by Gasteiger charge is -2.13. The van der Waals surface area contributed by atoms with Crippen LogP contribution in [0.3, 0.4) is 0 Å². The number of hydrogen-bond donors (Lipinski definition) is 1. The van der Waals surface area contributed by atoms with Crippen molar-refractivity contribution in [1.29, 1.82) is 0 Å². The summed E-state index contributed by atoms with van der Waals surface area (Å²) in [5.74, 6) is 1.34. The van der Waals surface area contributed by atoms with Crippen molar-refractivity contribution in [2.24, 2.45) is 0 Å². The highest BCUT2D eigenvalue weighted by Crippen LogP contribution is 2.35. The highest BCUT2D eigenvalue weighted by atomic mass is 35.5. The van der Waals surface area contributed by atoms with Gasteiger partial charge in [-0.15, -0.1) is 6.58 Å². The molecule has 0 amide bonds. The minimum atomic E-state index is 0.537. The molecule has 0 bridgehead atoms. The van der Waals surface area contributed by atoms with Crippen LogP contribution in [0.25, 0.3) is 0 Å². The maximum absolute atomic E-state index is 6.02. The number of anilines is 1. The van der Waals surface area contributed by atoms with Gasteiger partial charge in [-0.1, -0.05) is 17.2 Å². The van der Waals surface area contributed by atoms with Gasteiger partial charge in [0, 0.05) is 18.7 Å². The van der Waals surface area contributed by atoms with Gasteiger partial charge in [0.15, 0.2) is 0 Å². The molecule has 0 atom stereocenters. The number of rotatable bonds is 6. The Morgan fingerprint density at radius 2 is 1.94 bits per heavy atom. The van der Waals surface area contributed by atoms with Crippen LogP contribution in [-0.4, -0.2) is 20.8 Å². The predicted molar refractivity (Wildman–Crippen MR) is 72.5 cm³/mol. The summed E-state index contributed by atoms with van der Waals surface area (Å²) in [5.41, 5.74) is 2.01. The summed E-state index contributed by atoms with van der Waals surface area (Å²) in [6, 6.07) is 3.57. The summed E-state index contributed by atoms with van der Waals surface area (Å²) in [6.45, 7) is 6.66. The molecule has 0 radical (unpaired) electrons. The van der Waals surface area contributed by atoms with Crippen molar-refractivity contribution in [3.8, 4) is 11.5 Å². The third-order valence-electron chi connectivity index (χ3n) is 2.34. The maximum Gasteiger partial charge on any atom is 0.143 e. The predicted octanol–water partition coefficient (Wildman–Crippen LogP) is 3.74. The molecular formula is C13H18ClNO2.